The van der Waals surface area contributed by atoms with Crippen LogP contribution in [0, 0.1) is 0 Å². The molecule has 4 rings (SSSR count). The highest BCUT2D eigenvalue weighted by Crippen LogP contribution is 2.35. The number of benzene rings is 2. The molecule has 2 aromatic carbocycles. The van der Waals surface area contributed by atoms with Gasteiger partial charge in [0.05, 0.1) is 19.2 Å². The van der Waals surface area contributed by atoms with E-state index in [9.17, 15) is 4.79 Å². The largest absolute Gasteiger partial charge is 0.497 e. The van der Waals surface area contributed by atoms with Crippen molar-refractivity contribution in [2.24, 2.45) is 0 Å². The predicted molar refractivity (Wildman–Crippen MR) is 137 cm³/mol. The van der Waals surface area contributed by atoms with Crippen LogP contribution in [0.2, 0.25) is 0 Å². The number of ether oxygens (including phenoxy) is 2. The van der Waals surface area contributed by atoms with Crippen LogP contribution in [0.25, 0.3) is 11.3 Å². The fourth-order valence-corrected chi connectivity index (χ4v) is 4.67. The number of nitrogens with zero attached hydrogens (tertiary/aromatic N) is 3. The summed E-state index contributed by atoms with van der Waals surface area (Å²) in [6.45, 7) is 4.67. The lowest BCUT2D eigenvalue weighted by molar-refractivity contribution is 0.0723. The third kappa shape index (κ3) is 5.85. The number of hydrogen-bond donors (Lipinski definition) is 0. The number of anilines is 1. The Morgan fingerprint density at radius 2 is 1.97 bits per heavy atom. The number of methoxy groups -OCH3 is 2. The van der Waals surface area contributed by atoms with Crippen LogP contribution < -0.4 is 9.64 Å². The van der Waals surface area contributed by atoms with Crippen molar-refractivity contribution >= 4 is 11.8 Å². The van der Waals surface area contributed by atoms with Crippen LogP contribution in [0.3, 0.4) is 0 Å². The molecule has 0 radical (unpaired) electrons. The number of aromatic nitrogens is 1. The Morgan fingerprint density at radius 1 is 1.14 bits per heavy atom. The molecule has 1 amide bonds. The first kappa shape index (κ1) is 24.8. The van der Waals surface area contributed by atoms with Gasteiger partial charge in [0.1, 0.15) is 11.4 Å². The zero-order chi connectivity index (χ0) is 24.6. The van der Waals surface area contributed by atoms with E-state index in [2.05, 4.69) is 17.0 Å². The van der Waals surface area contributed by atoms with Crippen LogP contribution in [0.4, 0.5) is 5.88 Å². The first-order valence-corrected chi connectivity index (χ1v) is 12.3. The molecule has 3 aromatic rings. The Morgan fingerprint density at radius 3 is 2.71 bits per heavy atom. The number of piperidine rings is 1. The van der Waals surface area contributed by atoms with E-state index in [1.807, 2.05) is 53.4 Å². The summed E-state index contributed by atoms with van der Waals surface area (Å²) in [4.78, 5) is 17.9. The summed E-state index contributed by atoms with van der Waals surface area (Å²) in [7, 11) is 3.28. The minimum atomic E-state index is -0.0575. The number of amides is 1. The third-order valence-electron chi connectivity index (χ3n) is 6.61. The molecular formula is C28H35N3O4. The monoisotopic (exact) mass is 477 g/mol. The molecule has 0 N–H and O–H groups in total. The summed E-state index contributed by atoms with van der Waals surface area (Å²) < 4.78 is 16.6. The van der Waals surface area contributed by atoms with Gasteiger partial charge in [0.2, 0.25) is 5.88 Å². The van der Waals surface area contributed by atoms with Gasteiger partial charge in [-0.3, -0.25) is 4.79 Å². The Bertz CT molecular complexity index is 1100. The molecule has 0 spiro atoms. The summed E-state index contributed by atoms with van der Waals surface area (Å²) in [5.74, 6) is 1.37. The molecule has 7 heteroatoms. The summed E-state index contributed by atoms with van der Waals surface area (Å²) in [5.41, 5.74) is 3.30. The van der Waals surface area contributed by atoms with E-state index in [-0.39, 0.29) is 5.91 Å². The lowest BCUT2D eigenvalue weighted by Gasteiger charge is -2.34. The van der Waals surface area contributed by atoms with Crippen molar-refractivity contribution in [1.29, 1.82) is 0 Å². The maximum absolute atomic E-state index is 13.7. The van der Waals surface area contributed by atoms with E-state index < -0.39 is 0 Å². The Hall–Kier alpha value is -3.32. The van der Waals surface area contributed by atoms with Gasteiger partial charge in [-0.1, -0.05) is 41.6 Å². The minimum Gasteiger partial charge on any atom is -0.497 e. The van der Waals surface area contributed by atoms with Crippen molar-refractivity contribution in [3.05, 3.63) is 65.7 Å². The molecule has 1 saturated heterocycles. The fourth-order valence-electron chi connectivity index (χ4n) is 4.67. The van der Waals surface area contributed by atoms with E-state index in [0.29, 0.717) is 37.1 Å². The zero-order valence-electron chi connectivity index (χ0n) is 20.9. The van der Waals surface area contributed by atoms with Crippen molar-refractivity contribution in [2.45, 2.75) is 45.2 Å². The Kier molecular flexibility index (Phi) is 8.42. The molecule has 7 nitrogen and oxygen atoms in total. The predicted octanol–water partition coefficient (Wildman–Crippen LogP) is 5.41. The molecule has 186 valence electrons. The molecule has 1 atom stereocenters. The molecule has 0 unspecified atom stereocenters. The van der Waals surface area contributed by atoms with Crippen LogP contribution in [0.1, 0.15) is 48.5 Å². The SMILES string of the molecule is COCCCN(Cc1c(-c2ccccc2)noc1N1CCCC[C@@H]1C)C(=O)c1cccc(OC)c1. The summed E-state index contributed by atoms with van der Waals surface area (Å²) >= 11 is 0. The van der Waals surface area contributed by atoms with Crippen LogP contribution in [0.5, 0.6) is 5.75 Å². The van der Waals surface area contributed by atoms with Gasteiger partial charge >= 0.3 is 0 Å². The Labute approximate surface area is 207 Å². The second-order valence-corrected chi connectivity index (χ2v) is 9.02. The van der Waals surface area contributed by atoms with Gasteiger partial charge in [0.25, 0.3) is 5.91 Å². The molecule has 0 bridgehead atoms. The molecule has 0 aliphatic carbocycles. The molecular weight excluding hydrogens is 442 g/mol. The molecule has 2 heterocycles. The van der Waals surface area contributed by atoms with E-state index in [0.717, 1.165) is 48.5 Å². The average Bonchev–Trinajstić information content (AvgIpc) is 3.31. The molecule has 1 aliphatic rings. The summed E-state index contributed by atoms with van der Waals surface area (Å²) in [6.07, 6.45) is 4.17. The van der Waals surface area contributed by atoms with Crippen LogP contribution in [0.15, 0.2) is 59.1 Å². The molecule has 1 fully saturated rings. The van der Waals surface area contributed by atoms with E-state index in [1.54, 1.807) is 20.3 Å². The summed E-state index contributed by atoms with van der Waals surface area (Å²) in [5, 5.41) is 4.51. The number of carbonyl (C=O) groups excluding carboxylic acids is 1. The fraction of sp³-hybridized carbons (Fsp3) is 0.429. The van der Waals surface area contributed by atoms with Gasteiger partial charge < -0.3 is 23.8 Å². The van der Waals surface area contributed by atoms with Gasteiger partial charge in [-0.15, -0.1) is 0 Å². The molecule has 1 aromatic heterocycles. The highest BCUT2D eigenvalue weighted by Gasteiger charge is 2.30. The van der Waals surface area contributed by atoms with Crippen molar-refractivity contribution in [2.75, 3.05) is 38.8 Å². The van der Waals surface area contributed by atoms with E-state index in [4.69, 9.17) is 14.0 Å². The van der Waals surface area contributed by atoms with Crippen LogP contribution in [-0.2, 0) is 11.3 Å². The van der Waals surface area contributed by atoms with Crippen molar-refractivity contribution in [1.82, 2.24) is 10.1 Å². The van der Waals surface area contributed by atoms with Gasteiger partial charge in [0.15, 0.2) is 0 Å². The second kappa shape index (κ2) is 11.9. The number of carbonyl (C=O) groups is 1. The number of hydrogen-bond acceptors (Lipinski definition) is 6. The van der Waals surface area contributed by atoms with Crippen LogP contribution in [-0.4, -0.2) is 55.9 Å². The van der Waals surface area contributed by atoms with Gasteiger partial charge in [-0.05, 0) is 50.8 Å². The van der Waals surface area contributed by atoms with Gasteiger partial charge in [0, 0.05) is 44.0 Å². The topological polar surface area (TPSA) is 68.0 Å². The standard InChI is InChI=1S/C28H35N3O4/c1-21-11-7-8-17-31(21)28-25(26(29-35-28)22-12-5-4-6-13-22)20-30(16-10-18-33-2)27(32)23-14-9-15-24(19-23)34-3/h4-6,9,12-15,19,21H,7-8,10-11,16-18,20H2,1-3H3/t21-/m0/s1. The highest BCUT2D eigenvalue weighted by molar-refractivity contribution is 5.94. The molecule has 35 heavy (non-hydrogen) atoms. The van der Waals surface area contributed by atoms with Gasteiger partial charge in [-0.25, -0.2) is 0 Å². The van der Waals surface area contributed by atoms with E-state index in [1.165, 1.54) is 6.42 Å². The maximum atomic E-state index is 13.7. The molecule has 1 aliphatic heterocycles. The first-order valence-electron chi connectivity index (χ1n) is 12.3. The minimum absolute atomic E-state index is 0.0575. The summed E-state index contributed by atoms with van der Waals surface area (Å²) in [6, 6.07) is 17.7. The van der Waals surface area contributed by atoms with Crippen molar-refractivity contribution in [3.8, 4) is 17.0 Å². The van der Waals surface area contributed by atoms with Crippen molar-refractivity contribution < 1.29 is 18.8 Å². The average molecular weight is 478 g/mol. The second-order valence-electron chi connectivity index (χ2n) is 9.02. The van der Waals surface area contributed by atoms with Gasteiger partial charge in [-0.2, -0.15) is 0 Å². The zero-order valence-corrected chi connectivity index (χ0v) is 20.9. The van der Waals surface area contributed by atoms with Crippen molar-refractivity contribution in [3.63, 3.8) is 0 Å². The van der Waals surface area contributed by atoms with E-state index >= 15 is 0 Å². The Balaban J connectivity index is 1.72. The number of rotatable bonds is 10. The van der Waals surface area contributed by atoms with Crippen LogP contribution >= 0.6 is 0 Å². The molecule has 0 saturated carbocycles. The smallest absolute Gasteiger partial charge is 0.254 e. The highest BCUT2D eigenvalue weighted by atomic mass is 16.5. The quantitative estimate of drug-likeness (QED) is 0.364. The third-order valence-corrected chi connectivity index (χ3v) is 6.61. The first-order chi connectivity index (χ1) is 17.1. The normalized spacial score (nSPS) is 15.7. The maximum Gasteiger partial charge on any atom is 0.254 e. The lowest BCUT2D eigenvalue weighted by atomic mass is 10.0. The lowest BCUT2D eigenvalue weighted by Crippen LogP contribution is -2.38.